The van der Waals surface area contributed by atoms with E-state index < -0.39 is 10.7 Å². The van der Waals surface area contributed by atoms with E-state index in [0.29, 0.717) is 5.02 Å². The molecule has 0 radical (unpaired) electrons. The fourth-order valence-electron chi connectivity index (χ4n) is 1.62. The van der Waals surface area contributed by atoms with Crippen LogP contribution in [-0.4, -0.2) is 15.8 Å². The molecule has 0 amide bonds. The molecule has 0 heterocycles. The molecule has 0 bridgehead atoms. The van der Waals surface area contributed by atoms with Crippen LogP contribution in [-0.2, 0) is 4.79 Å². The monoisotopic (exact) mass is 242 g/mol. The van der Waals surface area contributed by atoms with Crippen LogP contribution in [0.1, 0.15) is 13.3 Å². The lowest BCUT2D eigenvalue weighted by Gasteiger charge is -2.10. The molecule has 1 aromatic carbocycles. The number of halogens is 1. The van der Waals surface area contributed by atoms with Crippen LogP contribution >= 0.6 is 23.4 Å². The zero-order valence-corrected chi connectivity index (χ0v) is 9.81. The molecule has 1 fully saturated rings. The average Bonchev–Trinajstić information content (AvgIpc) is 2.78. The standard InChI is InChI=1S/C11H11ClO2S/c1-7-6-11(7,10(13)14)15-9-4-2-3-8(12)5-9/h2-5,7H,6H2,1H3,(H,13,14). The predicted molar refractivity (Wildman–Crippen MR) is 61.5 cm³/mol. The molecule has 2 nitrogen and oxygen atoms in total. The summed E-state index contributed by atoms with van der Waals surface area (Å²) in [6, 6.07) is 7.33. The van der Waals surface area contributed by atoms with Gasteiger partial charge in [0.25, 0.3) is 0 Å². The highest BCUT2D eigenvalue weighted by molar-refractivity contribution is 8.01. The Hall–Kier alpha value is -0.670. The van der Waals surface area contributed by atoms with Crippen LogP contribution in [0.4, 0.5) is 0 Å². The van der Waals surface area contributed by atoms with Crippen molar-refractivity contribution in [3.63, 3.8) is 0 Å². The van der Waals surface area contributed by atoms with Gasteiger partial charge in [0, 0.05) is 9.92 Å². The first kappa shape index (κ1) is 10.8. The Morgan fingerprint density at radius 3 is 2.80 bits per heavy atom. The predicted octanol–water partition coefficient (Wildman–Crippen LogP) is 3.30. The summed E-state index contributed by atoms with van der Waals surface area (Å²) < 4.78 is -0.620. The normalized spacial score (nSPS) is 28.8. The smallest absolute Gasteiger partial charge is 0.320 e. The molecule has 0 spiro atoms. The van der Waals surface area contributed by atoms with Crippen molar-refractivity contribution in [3.05, 3.63) is 29.3 Å². The minimum absolute atomic E-state index is 0.235. The lowest BCUT2D eigenvalue weighted by molar-refractivity contribution is -0.137. The second kappa shape index (κ2) is 3.72. The molecule has 2 rings (SSSR count). The van der Waals surface area contributed by atoms with Crippen molar-refractivity contribution < 1.29 is 9.90 Å². The van der Waals surface area contributed by atoms with E-state index in [9.17, 15) is 4.79 Å². The molecule has 15 heavy (non-hydrogen) atoms. The third-order valence-corrected chi connectivity index (χ3v) is 4.54. The van der Waals surface area contributed by atoms with E-state index in [4.69, 9.17) is 16.7 Å². The molecule has 2 unspecified atom stereocenters. The van der Waals surface area contributed by atoms with E-state index >= 15 is 0 Å². The summed E-state index contributed by atoms with van der Waals surface area (Å²) in [5.74, 6) is -0.487. The molecule has 1 aliphatic carbocycles. The zero-order valence-electron chi connectivity index (χ0n) is 8.24. The first-order valence-corrected chi connectivity index (χ1v) is 5.92. The minimum atomic E-state index is -0.722. The van der Waals surface area contributed by atoms with Gasteiger partial charge in [-0.25, -0.2) is 0 Å². The minimum Gasteiger partial charge on any atom is -0.480 e. The summed E-state index contributed by atoms with van der Waals surface area (Å²) >= 11 is 7.25. The summed E-state index contributed by atoms with van der Waals surface area (Å²) in [5.41, 5.74) is 0. The maximum atomic E-state index is 11.1. The number of hydrogen-bond donors (Lipinski definition) is 1. The highest BCUT2D eigenvalue weighted by Gasteiger charge is 2.58. The molecule has 0 saturated heterocycles. The lowest BCUT2D eigenvalue weighted by Crippen LogP contribution is -2.19. The highest BCUT2D eigenvalue weighted by atomic mass is 35.5. The number of carboxylic acids is 1. The van der Waals surface area contributed by atoms with Gasteiger partial charge in [-0.3, -0.25) is 4.79 Å². The summed E-state index contributed by atoms with van der Waals surface area (Å²) in [5, 5.41) is 9.80. The zero-order chi connectivity index (χ0) is 11.1. The molecule has 1 aromatic rings. The lowest BCUT2D eigenvalue weighted by atomic mass is 10.3. The third-order valence-electron chi connectivity index (χ3n) is 2.70. The topological polar surface area (TPSA) is 37.3 Å². The van der Waals surface area contributed by atoms with Gasteiger partial charge in [0.2, 0.25) is 0 Å². The molecular formula is C11H11ClO2S. The van der Waals surface area contributed by atoms with E-state index in [1.54, 1.807) is 6.07 Å². The molecule has 4 heteroatoms. The van der Waals surface area contributed by atoms with Gasteiger partial charge < -0.3 is 5.11 Å². The van der Waals surface area contributed by atoms with Crippen LogP contribution in [0.25, 0.3) is 0 Å². The Labute approximate surface area is 97.6 Å². The van der Waals surface area contributed by atoms with E-state index in [-0.39, 0.29) is 5.92 Å². The second-order valence-electron chi connectivity index (χ2n) is 3.86. The Morgan fingerprint density at radius 1 is 1.67 bits per heavy atom. The number of carbonyl (C=O) groups is 1. The summed E-state index contributed by atoms with van der Waals surface area (Å²) in [4.78, 5) is 12.1. The van der Waals surface area contributed by atoms with Gasteiger partial charge in [-0.15, -0.1) is 11.8 Å². The molecule has 1 N–H and O–H groups in total. The fraction of sp³-hybridized carbons (Fsp3) is 0.364. The number of hydrogen-bond acceptors (Lipinski definition) is 2. The number of carboxylic acid groups (broad SMARTS) is 1. The van der Waals surface area contributed by atoms with E-state index in [0.717, 1.165) is 11.3 Å². The molecular weight excluding hydrogens is 232 g/mol. The van der Waals surface area contributed by atoms with Crippen molar-refractivity contribution in [3.8, 4) is 0 Å². The maximum Gasteiger partial charge on any atom is 0.320 e. The number of aliphatic carboxylic acids is 1. The van der Waals surface area contributed by atoms with E-state index in [2.05, 4.69) is 0 Å². The van der Waals surface area contributed by atoms with Gasteiger partial charge in [0.1, 0.15) is 4.75 Å². The summed E-state index contributed by atoms with van der Waals surface area (Å²) in [7, 11) is 0. The van der Waals surface area contributed by atoms with Gasteiger partial charge in [0.15, 0.2) is 0 Å². The SMILES string of the molecule is CC1CC1(Sc1cccc(Cl)c1)C(=O)O. The van der Waals surface area contributed by atoms with Crippen LogP contribution in [0.3, 0.4) is 0 Å². The van der Waals surface area contributed by atoms with Crippen LogP contribution < -0.4 is 0 Å². The van der Waals surface area contributed by atoms with Crippen LogP contribution in [0.2, 0.25) is 5.02 Å². The van der Waals surface area contributed by atoms with Crippen molar-refractivity contribution in [1.82, 2.24) is 0 Å². The fourth-order valence-corrected chi connectivity index (χ4v) is 3.25. The number of thioether (sulfide) groups is 1. The number of rotatable bonds is 3. The van der Waals surface area contributed by atoms with Crippen LogP contribution in [0.15, 0.2) is 29.2 Å². The summed E-state index contributed by atoms with van der Waals surface area (Å²) in [6.45, 7) is 1.96. The van der Waals surface area contributed by atoms with E-state index in [1.165, 1.54) is 11.8 Å². The highest BCUT2D eigenvalue weighted by Crippen LogP contribution is 2.56. The van der Waals surface area contributed by atoms with Crippen LogP contribution in [0.5, 0.6) is 0 Å². The third kappa shape index (κ3) is 1.99. The van der Waals surface area contributed by atoms with Crippen molar-refractivity contribution in [2.75, 3.05) is 0 Å². The first-order valence-electron chi connectivity index (χ1n) is 4.72. The molecule has 1 saturated carbocycles. The first-order chi connectivity index (χ1) is 7.04. The molecule has 2 atom stereocenters. The van der Waals surface area contributed by atoms with Crippen molar-refractivity contribution in [2.45, 2.75) is 23.0 Å². The summed E-state index contributed by atoms with van der Waals surface area (Å²) in [6.07, 6.45) is 0.736. The molecule has 0 aliphatic heterocycles. The van der Waals surface area contributed by atoms with Crippen LogP contribution in [0, 0.1) is 5.92 Å². The van der Waals surface area contributed by atoms with Gasteiger partial charge in [-0.1, -0.05) is 24.6 Å². The van der Waals surface area contributed by atoms with Crippen molar-refractivity contribution in [2.24, 2.45) is 5.92 Å². The Morgan fingerprint density at radius 2 is 2.33 bits per heavy atom. The maximum absolute atomic E-state index is 11.1. The van der Waals surface area contributed by atoms with Gasteiger partial charge >= 0.3 is 5.97 Å². The Balaban J connectivity index is 2.19. The second-order valence-corrected chi connectivity index (χ2v) is 5.70. The van der Waals surface area contributed by atoms with E-state index in [1.807, 2.05) is 25.1 Å². The van der Waals surface area contributed by atoms with Crippen molar-refractivity contribution >= 4 is 29.3 Å². The molecule has 1 aliphatic rings. The average molecular weight is 243 g/mol. The van der Waals surface area contributed by atoms with Gasteiger partial charge in [-0.05, 0) is 30.5 Å². The van der Waals surface area contributed by atoms with Crippen molar-refractivity contribution in [1.29, 1.82) is 0 Å². The Kier molecular flexibility index (Phi) is 2.69. The number of benzene rings is 1. The van der Waals surface area contributed by atoms with Gasteiger partial charge in [0.05, 0.1) is 0 Å². The molecule has 80 valence electrons. The molecule has 0 aromatic heterocycles. The van der Waals surface area contributed by atoms with Gasteiger partial charge in [-0.2, -0.15) is 0 Å². The Bertz CT molecular complexity index is 407. The quantitative estimate of drug-likeness (QED) is 0.884. The largest absolute Gasteiger partial charge is 0.480 e.